The third-order valence-electron chi connectivity index (χ3n) is 3.59. The van der Waals surface area contributed by atoms with Gasteiger partial charge in [0.2, 0.25) is 5.91 Å². The molecule has 0 aliphatic heterocycles. The highest BCUT2D eigenvalue weighted by molar-refractivity contribution is 5.86. The van der Waals surface area contributed by atoms with E-state index in [1.165, 1.54) is 10.9 Å². The molecule has 3 N–H and O–H groups in total. The fraction of sp³-hybridized carbons (Fsp3) is 0.438. The number of para-hydroxylation sites is 1. The summed E-state index contributed by atoms with van der Waals surface area (Å²) in [5, 5.41) is 7.28. The van der Waals surface area contributed by atoms with Crippen LogP contribution in [0.1, 0.15) is 25.3 Å². The first-order valence-electron chi connectivity index (χ1n) is 7.26. The van der Waals surface area contributed by atoms with Crippen molar-refractivity contribution in [3.8, 4) is 0 Å². The van der Waals surface area contributed by atoms with Gasteiger partial charge in [-0.25, -0.2) is 0 Å². The molecule has 0 saturated heterocycles. The third-order valence-corrected chi connectivity index (χ3v) is 3.59. The van der Waals surface area contributed by atoms with E-state index >= 15 is 0 Å². The topological polar surface area (TPSA) is 56.9 Å². The molecule has 0 aliphatic carbocycles. The normalized spacial score (nSPS) is 12.5. The zero-order chi connectivity index (χ0) is 14.4. The Morgan fingerprint density at radius 2 is 2.15 bits per heavy atom. The average molecular weight is 273 g/mol. The first kappa shape index (κ1) is 14.6. The summed E-state index contributed by atoms with van der Waals surface area (Å²) >= 11 is 0. The highest BCUT2D eigenvalue weighted by Gasteiger charge is 2.17. The second-order valence-electron chi connectivity index (χ2n) is 5.05. The largest absolute Gasteiger partial charge is 0.361 e. The monoisotopic (exact) mass is 273 g/mol. The second-order valence-corrected chi connectivity index (χ2v) is 5.05. The van der Waals surface area contributed by atoms with E-state index in [9.17, 15) is 4.79 Å². The number of aromatic nitrogens is 1. The summed E-state index contributed by atoms with van der Waals surface area (Å²) in [5.41, 5.74) is 2.29. The zero-order valence-corrected chi connectivity index (χ0v) is 12.2. The molecule has 0 bridgehead atoms. The number of nitrogens with one attached hydrogen (secondary N) is 3. The number of carbonyl (C=O) groups excluding carboxylic acids is 1. The fourth-order valence-corrected chi connectivity index (χ4v) is 2.36. The summed E-state index contributed by atoms with van der Waals surface area (Å²) in [4.78, 5) is 15.4. The molecule has 108 valence electrons. The Hall–Kier alpha value is -1.81. The van der Waals surface area contributed by atoms with E-state index in [0.29, 0.717) is 6.42 Å². The highest BCUT2D eigenvalue weighted by Crippen LogP contribution is 2.19. The van der Waals surface area contributed by atoms with E-state index in [-0.39, 0.29) is 11.9 Å². The molecule has 20 heavy (non-hydrogen) atoms. The Bertz CT molecular complexity index is 562. The van der Waals surface area contributed by atoms with Crippen LogP contribution >= 0.6 is 0 Å². The Balaban J connectivity index is 2.04. The van der Waals surface area contributed by atoms with E-state index < -0.39 is 0 Å². The lowest BCUT2D eigenvalue weighted by Gasteiger charge is -2.15. The molecule has 1 heterocycles. The summed E-state index contributed by atoms with van der Waals surface area (Å²) < 4.78 is 0. The Kier molecular flexibility index (Phi) is 5.18. The van der Waals surface area contributed by atoms with Gasteiger partial charge in [-0.15, -0.1) is 0 Å². The van der Waals surface area contributed by atoms with Crippen molar-refractivity contribution in [1.29, 1.82) is 0 Å². The quantitative estimate of drug-likeness (QED) is 0.677. The van der Waals surface area contributed by atoms with E-state index in [4.69, 9.17) is 0 Å². The molecule has 0 unspecified atom stereocenters. The molecule has 0 radical (unpaired) electrons. The minimum absolute atomic E-state index is 0.0752. The number of hydrogen-bond acceptors (Lipinski definition) is 2. The predicted octanol–water partition coefficient (Wildman–Crippen LogP) is 2.21. The van der Waals surface area contributed by atoms with Gasteiger partial charge in [-0.3, -0.25) is 4.79 Å². The molecular weight excluding hydrogens is 250 g/mol. The zero-order valence-electron chi connectivity index (χ0n) is 12.2. The van der Waals surface area contributed by atoms with E-state index in [0.717, 1.165) is 24.9 Å². The maximum atomic E-state index is 12.1. The van der Waals surface area contributed by atoms with E-state index in [1.807, 2.05) is 25.4 Å². The van der Waals surface area contributed by atoms with Crippen molar-refractivity contribution in [2.45, 2.75) is 32.2 Å². The van der Waals surface area contributed by atoms with Gasteiger partial charge in [-0.2, -0.15) is 0 Å². The first-order chi connectivity index (χ1) is 9.76. The molecule has 1 amide bonds. The van der Waals surface area contributed by atoms with Gasteiger partial charge in [-0.05, 0) is 31.5 Å². The third kappa shape index (κ3) is 3.39. The van der Waals surface area contributed by atoms with Crippen LogP contribution in [0, 0.1) is 0 Å². The van der Waals surface area contributed by atoms with Gasteiger partial charge in [0.15, 0.2) is 0 Å². The lowest BCUT2D eigenvalue weighted by molar-refractivity contribution is -0.123. The molecule has 4 nitrogen and oxygen atoms in total. The van der Waals surface area contributed by atoms with Crippen molar-refractivity contribution in [1.82, 2.24) is 15.6 Å². The number of aromatic amines is 1. The Labute approximate surface area is 120 Å². The van der Waals surface area contributed by atoms with Crippen molar-refractivity contribution < 1.29 is 4.79 Å². The molecule has 4 heteroatoms. The summed E-state index contributed by atoms with van der Waals surface area (Å²) in [6, 6.07) is 7.98. The average Bonchev–Trinajstić information content (AvgIpc) is 2.88. The molecule has 0 aliphatic rings. The molecule has 2 rings (SSSR count). The van der Waals surface area contributed by atoms with Gasteiger partial charge in [0.25, 0.3) is 0 Å². The van der Waals surface area contributed by atoms with Crippen LogP contribution in [0.25, 0.3) is 10.9 Å². The van der Waals surface area contributed by atoms with Gasteiger partial charge in [-0.1, -0.05) is 31.5 Å². The summed E-state index contributed by atoms with van der Waals surface area (Å²) in [6.45, 7) is 2.87. The Morgan fingerprint density at radius 3 is 2.90 bits per heavy atom. The van der Waals surface area contributed by atoms with Gasteiger partial charge in [0.1, 0.15) is 0 Å². The first-order valence-corrected chi connectivity index (χ1v) is 7.26. The van der Waals surface area contributed by atoms with Crippen molar-refractivity contribution in [2.24, 2.45) is 0 Å². The van der Waals surface area contributed by atoms with Gasteiger partial charge < -0.3 is 15.6 Å². The summed E-state index contributed by atoms with van der Waals surface area (Å²) in [5.74, 6) is 0.0752. The number of amides is 1. The summed E-state index contributed by atoms with van der Waals surface area (Å²) in [7, 11) is 1.83. The number of benzene rings is 1. The minimum Gasteiger partial charge on any atom is -0.361 e. The van der Waals surface area contributed by atoms with Crippen LogP contribution in [0.5, 0.6) is 0 Å². The summed E-state index contributed by atoms with van der Waals surface area (Å²) in [6.07, 6.45) is 4.80. The number of unbranched alkanes of at least 4 members (excludes halogenated alkanes) is 1. The van der Waals surface area contributed by atoms with Gasteiger partial charge >= 0.3 is 0 Å². The molecule has 1 atom stereocenters. The van der Waals surface area contributed by atoms with Crippen LogP contribution < -0.4 is 10.6 Å². The van der Waals surface area contributed by atoms with Crippen LogP contribution in [0.3, 0.4) is 0 Å². The smallest absolute Gasteiger partial charge is 0.237 e. The van der Waals surface area contributed by atoms with Crippen LogP contribution in [0.15, 0.2) is 30.5 Å². The second kappa shape index (κ2) is 7.10. The molecule has 0 saturated carbocycles. The van der Waals surface area contributed by atoms with Crippen molar-refractivity contribution in [2.75, 3.05) is 13.6 Å². The van der Waals surface area contributed by atoms with Gasteiger partial charge in [0.05, 0.1) is 6.04 Å². The van der Waals surface area contributed by atoms with Crippen molar-refractivity contribution >= 4 is 16.8 Å². The van der Waals surface area contributed by atoms with Crippen LogP contribution in [0.2, 0.25) is 0 Å². The van der Waals surface area contributed by atoms with E-state index in [2.05, 4.69) is 34.7 Å². The molecular formula is C16H23N3O. The standard InChI is InChI=1S/C16H23N3O/c1-3-4-9-18-16(20)15(17-2)10-12-11-19-14-8-6-5-7-13(12)14/h5-8,11,15,17,19H,3-4,9-10H2,1-2H3,(H,18,20)/t15-/m0/s1. The maximum absolute atomic E-state index is 12.1. The van der Waals surface area contributed by atoms with Crippen molar-refractivity contribution in [3.05, 3.63) is 36.0 Å². The Morgan fingerprint density at radius 1 is 1.35 bits per heavy atom. The molecule has 2 aromatic rings. The molecule has 1 aromatic carbocycles. The number of H-pyrrole nitrogens is 1. The lowest BCUT2D eigenvalue weighted by Crippen LogP contribution is -2.44. The number of carbonyl (C=O) groups is 1. The number of rotatable bonds is 7. The molecule has 1 aromatic heterocycles. The van der Waals surface area contributed by atoms with Gasteiger partial charge in [0, 0.05) is 23.6 Å². The van der Waals surface area contributed by atoms with E-state index in [1.54, 1.807) is 0 Å². The number of hydrogen-bond donors (Lipinski definition) is 3. The molecule has 0 fully saturated rings. The SMILES string of the molecule is CCCCNC(=O)[C@H](Cc1c[nH]c2ccccc12)NC. The van der Waals surface area contributed by atoms with Crippen LogP contribution in [0.4, 0.5) is 0 Å². The number of likely N-dealkylation sites (N-methyl/N-ethyl adjacent to an activating group) is 1. The fourth-order valence-electron chi connectivity index (χ4n) is 2.36. The van der Waals surface area contributed by atoms with Crippen LogP contribution in [-0.2, 0) is 11.2 Å². The minimum atomic E-state index is -0.189. The van der Waals surface area contributed by atoms with Crippen LogP contribution in [-0.4, -0.2) is 30.5 Å². The highest BCUT2D eigenvalue weighted by atomic mass is 16.2. The maximum Gasteiger partial charge on any atom is 0.237 e. The number of fused-ring (bicyclic) bond motifs is 1. The molecule has 0 spiro atoms. The predicted molar refractivity (Wildman–Crippen MR) is 82.8 cm³/mol. The lowest BCUT2D eigenvalue weighted by atomic mass is 10.0. The van der Waals surface area contributed by atoms with Crippen molar-refractivity contribution in [3.63, 3.8) is 0 Å².